The van der Waals surface area contributed by atoms with Crippen LogP contribution in [0, 0.1) is 0 Å². The van der Waals surface area contributed by atoms with Crippen molar-refractivity contribution in [2.45, 2.75) is 19.0 Å². The van der Waals surface area contributed by atoms with Gasteiger partial charge in [0.15, 0.2) is 5.82 Å². The van der Waals surface area contributed by atoms with E-state index in [1.165, 1.54) is 5.56 Å². The van der Waals surface area contributed by atoms with Crippen LogP contribution in [0.1, 0.15) is 22.9 Å². The highest BCUT2D eigenvalue weighted by atomic mass is 16.1. The van der Waals surface area contributed by atoms with Gasteiger partial charge in [-0.25, -0.2) is 4.98 Å². The van der Waals surface area contributed by atoms with E-state index < -0.39 is 0 Å². The Morgan fingerprint density at radius 2 is 1.62 bits per heavy atom. The van der Waals surface area contributed by atoms with Gasteiger partial charge in [-0.1, -0.05) is 66.7 Å². The van der Waals surface area contributed by atoms with Crippen LogP contribution in [-0.4, -0.2) is 15.0 Å². The summed E-state index contributed by atoms with van der Waals surface area (Å²) in [6, 6.07) is 27.7. The molecule has 0 aliphatic carbocycles. The number of H-pyrrole nitrogens is 1. The molecule has 0 saturated heterocycles. The topological polar surface area (TPSA) is 70.7 Å². The van der Waals surface area contributed by atoms with E-state index in [0.29, 0.717) is 17.9 Å². The molecule has 1 atom stereocenters. The molecule has 0 saturated carbocycles. The minimum absolute atomic E-state index is 0.0299. The molecule has 0 fully saturated rings. The highest BCUT2D eigenvalue weighted by Crippen LogP contribution is 2.19. The SMILES string of the molecule is O=c1cc(C[C@H](NCc2ccccc2)c2ccccc2)nc(-c2ccccn2)[nH]1. The third-order valence-corrected chi connectivity index (χ3v) is 4.71. The lowest BCUT2D eigenvalue weighted by Crippen LogP contribution is -2.24. The van der Waals surface area contributed by atoms with Gasteiger partial charge in [-0.15, -0.1) is 0 Å². The van der Waals surface area contributed by atoms with Crippen molar-refractivity contribution in [2.24, 2.45) is 0 Å². The van der Waals surface area contributed by atoms with Crippen molar-refractivity contribution in [3.8, 4) is 11.5 Å². The lowest BCUT2D eigenvalue weighted by atomic mass is 10.0. The van der Waals surface area contributed by atoms with Gasteiger partial charge in [0.1, 0.15) is 5.69 Å². The molecule has 0 aliphatic rings. The Morgan fingerprint density at radius 1 is 0.897 bits per heavy atom. The van der Waals surface area contributed by atoms with E-state index in [4.69, 9.17) is 0 Å². The van der Waals surface area contributed by atoms with E-state index >= 15 is 0 Å². The van der Waals surface area contributed by atoms with Crippen molar-refractivity contribution in [1.29, 1.82) is 0 Å². The number of nitrogens with zero attached hydrogens (tertiary/aromatic N) is 2. The van der Waals surface area contributed by atoms with Gasteiger partial charge >= 0.3 is 0 Å². The summed E-state index contributed by atoms with van der Waals surface area (Å²) in [5.74, 6) is 0.489. The summed E-state index contributed by atoms with van der Waals surface area (Å²) < 4.78 is 0. The van der Waals surface area contributed by atoms with Crippen LogP contribution in [0.3, 0.4) is 0 Å². The lowest BCUT2D eigenvalue weighted by Gasteiger charge is -2.19. The van der Waals surface area contributed by atoms with Gasteiger partial charge in [0, 0.05) is 31.3 Å². The fraction of sp³-hybridized carbons (Fsp3) is 0.125. The fourth-order valence-electron chi connectivity index (χ4n) is 3.28. The highest BCUT2D eigenvalue weighted by molar-refractivity contribution is 5.48. The molecule has 5 heteroatoms. The van der Waals surface area contributed by atoms with E-state index in [1.807, 2.05) is 54.6 Å². The van der Waals surface area contributed by atoms with E-state index in [-0.39, 0.29) is 11.6 Å². The smallest absolute Gasteiger partial charge is 0.251 e. The molecule has 2 aromatic carbocycles. The quantitative estimate of drug-likeness (QED) is 0.508. The Morgan fingerprint density at radius 3 is 2.34 bits per heavy atom. The Labute approximate surface area is 169 Å². The molecule has 5 nitrogen and oxygen atoms in total. The molecular formula is C24H22N4O. The second-order valence-corrected chi connectivity index (χ2v) is 6.83. The molecule has 4 aromatic rings. The van der Waals surface area contributed by atoms with Gasteiger partial charge < -0.3 is 10.3 Å². The summed E-state index contributed by atoms with van der Waals surface area (Å²) in [6.07, 6.45) is 2.29. The molecule has 144 valence electrons. The Balaban J connectivity index is 1.60. The zero-order chi connectivity index (χ0) is 19.9. The summed E-state index contributed by atoms with van der Waals surface area (Å²) >= 11 is 0. The van der Waals surface area contributed by atoms with Crippen molar-refractivity contribution in [2.75, 3.05) is 0 Å². The average molecular weight is 382 g/mol. The van der Waals surface area contributed by atoms with Crippen LogP contribution >= 0.6 is 0 Å². The molecule has 0 amide bonds. The van der Waals surface area contributed by atoms with Gasteiger partial charge in [-0.2, -0.15) is 0 Å². The molecule has 2 N–H and O–H groups in total. The zero-order valence-corrected chi connectivity index (χ0v) is 16.0. The largest absolute Gasteiger partial charge is 0.305 e. The molecule has 29 heavy (non-hydrogen) atoms. The first kappa shape index (κ1) is 18.8. The van der Waals surface area contributed by atoms with E-state index in [2.05, 4.69) is 44.5 Å². The average Bonchev–Trinajstić information content (AvgIpc) is 2.78. The van der Waals surface area contributed by atoms with Gasteiger partial charge in [-0.05, 0) is 23.3 Å². The molecule has 0 radical (unpaired) electrons. The van der Waals surface area contributed by atoms with Crippen LogP contribution in [0.4, 0.5) is 0 Å². The Kier molecular flexibility index (Phi) is 5.88. The molecule has 0 unspecified atom stereocenters. The number of pyridine rings is 1. The first-order valence-electron chi connectivity index (χ1n) is 9.62. The number of hydrogen-bond donors (Lipinski definition) is 2. The monoisotopic (exact) mass is 382 g/mol. The minimum Gasteiger partial charge on any atom is -0.305 e. The first-order valence-corrected chi connectivity index (χ1v) is 9.62. The van der Waals surface area contributed by atoms with Crippen LogP contribution in [0.25, 0.3) is 11.5 Å². The van der Waals surface area contributed by atoms with Crippen LogP contribution in [0.15, 0.2) is 95.9 Å². The second-order valence-electron chi connectivity index (χ2n) is 6.83. The number of rotatable bonds is 7. The third-order valence-electron chi connectivity index (χ3n) is 4.71. The van der Waals surface area contributed by atoms with Crippen LogP contribution < -0.4 is 10.9 Å². The van der Waals surface area contributed by atoms with Gasteiger partial charge in [0.25, 0.3) is 5.56 Å². The van der Waals surface area contributed by atoms with Gasteiger partial charge in [0.05, 0.1) is 5.69 Å². The van der Waals surface area contributed by atoms with Crippen molar-refractivity contribution >= 4 is 0 Å². The maximum atomic E-state index is 12.2. The molecule has 4 rings (SSSR count). The summed E-state index contributed by atoms with van der Waals surface area (Å²) in [7, 11) is 0. The van der Waals surface area contributed by atoms with Crippen LogP contribution in [0.2, 0.25) is 0 Å². The Hall–Kier alpha value is -3.57. The summed E-state index contributed by atoms with van der Waals surface area (Å²) in [4.78, 5) is 24.0. The molecule has 2 heterocycles. The predicted molar refractivity (Wildman–Crippen MR) is 114 cm³/mol. The normalized spacial score (nSPS) is 11.9. The van der Waals surface area contributed by atoms with Gasteiger partial charge in [0.2, 0.25) is 0 Å². The van der Waals surface area contributed by atoms with Crippen molar-refractivity contribution < 1.29 is 0 Å². The van der Waals surface area contributed by atoms with Crippen molar-refractivity contribution in [1.82, 2.24) is 20.3 Å². The minimum atomic E-state index is -0.175. The van der Waals surface area contributed by atoms with Crippen molar-refractivity contribution in [3.63, 3.8) is 0 Å². The summed E-state index contributed by atoms with van der Waals surface area (Å²) in [5.41, 5.74) is 3.57. The molecule has 0 spiro atoms. The molecule has 0 aliphatic heterocycles. The van der Waals surface area contributed by atoms with E-state index in [1.54, 1.807) is 12.3 Å². The van der Waals surface area contributed by atoms with E-state index in [0.717, 1.165) is 17.8 Å². The highest BCUT2D eigenvalue weighted by Gasteiger charge is 2.14. The third kappa shape index (κ3) is 5.03. The molecular weight excluding hydrogens is 360 g/mol. The predicted octanol–water partition coefficient (Wildman–Crippen LogP) is 3.91. The van der Waals surface area contributed by atoms with E-state index in [9.17, 15) is 4.79 Å². The standard InChI is InChI=1S/C24H22N4O/c29-23-16-20(27-24(28-23)21-13-7-8-14-25-21)15-22(19-11-5-2-6-12-19)26-17-18-9-3-1-4-10-18/h1-14,16,22,26H,15,17H2,(H,27,28,29)/t22-/m0/s1. The second kappa shape index (κ2) is 9.08. The summed E-state index contributed by atoms with van der Waals surface area (Å²) in [6.45, 7) is 0.733. The zero-order valence-electron chi connectivity index (χ0n) is 16.0. The first-order chi connectivity index (χ1) is 14.3. The fourth-order valence-corrected chi connectivity index (χ4v) is 3.28. The van der Waals surface area contributed by atoms with Crippen molar-refractivity contribution in [3.05, 3.63) is 118 Å². The maximum absolute atomic E-state index is 12.2. The van der Waals surface area contributed by atoms with Crippen LogP contribution in [0.5, 0.6) is 0 Å². The number of aromatic amines is 1. The number of nitrogens with one attached hydrogen (secondary N) is 2. The molecule has 0 bridgehead atoms. The molecule has 2 aromatic heterocycles. The summed E-state index contributed by atoms with van der Waals surface area (Å²) in [5, 5.41) is 3.61. The van der Waals surface area contributed by atoms with Gasteiger partial charge in [-0.3, -0.25) is 9.78 Å². The number of hydrogen-bond acceptors (Lipinski definition) is 4. The van der Waals surface area contributed by atoms with Crippen LogP contribution in [-0.2, 0) is 13.0 Å². The Bertz CT molecular complexity index is 1100. The lowest BCUT2D eigenvalue weighted by molar-refractivity contribution is 0.525. The number of benzene rings is 2. The number of aromatic nitrogens is 3. The maximum Gasteiger partial charge on any atom is 0.251 e.